The minimum absolute atomic E-state index is 0.0553. The van der Waals surface area contributed by atoms with Gasteiger partial charge in [0.05, 0.1) is 29.2 Å². The second-order valence-corrected chi connectivity index (χ2v) is 8.15. The van der Waals surface area contributed by atoms with Crippen LogP contribution in [0.3, 0.4) is 0 Å². The van der Waals surface area contributed by atoms with Crippen molar-refractivity contribution in [3.8, 4) is 33.2 Å². The first-order chi connectivity index (χ1) is 15.3. The van der Waals surface area contributed by atoms with E-state index in [9.17, 15) is 19.5 Å². The molecular weight excluding hydrogens is 434 g/mol. The van der Waals surface area contributed by atoms with Gasteiger partial charge in [0.25, 0.3) is 5.56 Å². The van der Waals surface area contributed by atoms with Crippen molar-refractivity contribution in [2.45, 2.75) is 20.8 Å². The van der Waals surface area contributed by atoms with Gasteiger partial charge in [0.15, 0.2) is 0 Å². The normalized spacial score (nSPS) is 11.1. The van der Waals surface area contributed by atoms with Crippen LogP contribution in [0.4, 0.5) is 0 Å². The number of aromatic amines is 3. The predicted molar refractivity (Wildman–Crippen MR) is 122 cm³/mol. The average molecular weight is 455 g/mol. The SMILES string of the molecule is CCOC(=O)c1c(C)sc(-c2c(-c3ccc(OCC)cc3)[nH]c3[nH]c(=O)[nH]c(=O)c23)c1O. The van der Waals surface area contributed by atoms with Gasteiger partial charge in [-0.2, -0.15) is 0 Å². The highest BCUT2D eigenvalue weighted by molar-refractivity contribution is 7.16. The number of carbonyl (C=O) groups excluding carboxylic acids is 1. The number of aromatic hydroxyl groups is 1. The second-order valence-electron chi connectivity index (χ2n) is 6.92. The van der Waals surface area contributed by atoms with Gasteiger partial charge < -0.3 is 19.6 Å². The monoisotopic (exact) mass is 455 g/mol. The Hall–Kier alpha value is -3.79. The molecule has 0 radical (unpaired) electrons. The Morgan fingerprint density at radius 2 is 1.78 bits per heavy atom. The van der Waals surface area contributed by atoms with Gasteiger partial charge in [-0.15, -0.1) is 11.3 Å². The largest absolute Gasteiger partial charge is 0.505 e. The molecule has 0 atom stereocenters. The van der Waals surface area contributed by atoms with Crippen LogP contribution in [0.5, 0.6) is 11.5 Å². The third-order valence-corrected chi connectivity index (χ3v) is 6.02. The molecule has 4 rings (SSSR count). The maximum Gasteiger partial charge on any atom is 0.343 e. The van der Waals surface area contributed by atoms with Gasteiger partial charge >= 0.3 is 11.7 Å². The fourth-order valence-corrected chi connectivity index (χ4v) is 4.70. The number of rotatable bonds is 6. The van der Waals surface area contributed by atoms with E-state index in [4.69, 9.17) is 9.47 Å². The summed E-state index contributed by atoms with van der Waals surface area (Å²) in [5, 5.41) is 11.1. The maximum absolute atomic E-state index is 12.7. The van der Waals surface area contributed by atoms with Gasteiger partial charge in [0, 0.05) is 10.4 Å². The van der Waals surface area contributed by atoms with Crippen molar-refractivity contribution in [3.63, 3.8) is 0 Å². The highest BCUT2D eigenvalue weighted by Crippen LogP contribution is 2.47. The van der Waals surface area contributed by atoms with Crippen LogP contribution >= 0.6 is 11.3 Å². The molecule has 3 aromatic heterocycles. The summed E-state index contributed by atoms with van der Waals surface area (Å²) in [5.41, 5.74) is 0.566. The molecule has 0 saturated carbocycles. The van der Waals surface area contributed by atoms with Gasteiger partial charge in [-0.05, 0) is 50.6 Å². The third-order valence-electron chi connectivity index (χ3n) is 4.91. The Balaban J connectivity index is 2.01. The highest BCUT2D eigenvalue weighted by atomic mass is 32.1. The number of ether oxygens (including phenoxy) is 2. The smallest absolute Gasteiger partial charge is 0.343 e. The number of hydrogen-bond donors (Lipinski definition) is 4. The van der Waals surface area contributed by atoms with E-state index in [0.29, 0.717) is 38.9 Å². The third kappa shape index (κ3) is 3.58. The van der Waals surface area contributed by atoms with Crippen molar-refractivity contribution >= 4 is 28.3 Å². The summed E-state index contributed by atoms with van der Waals surface area (Å²) in [6, 6.07) is 7.17. The molecule has 0 aliphatic rings. The highest BCUT2D eigenvalue weighted by Gasteiger charge is 2.28. The zero-order valence-corrected chi connectivity index (χ0v) is 18.4. The molecule has 1 aromatic carbocycles. The molecule has 0 amide bonds. The Bertz CT molecular complexity index is 1430. The Morgan fingerprint density at radius 3 is 2.44 bits per heavy atom. The lowest BCUT2D eigenvalue weighted by molar-refractivity contribution is 0.0523. The first kappa shape index (κ1) is 21.4. The number of carbonyl (C=O) groups is 1. The zero-order chi connectivity index (χ0) is 23.0. The molecule has 10 heteroatoms. The van der Waals surface area contributed by atoms with E-state index >= 15 is 0 Å². The van der Waals surface area contributed by atoms with E-state index in [0.717, 1.165) is 11.3 Å². The lowest BCUT2D eigenvalue weighted by atomic mass is 10.0. The van der Waals surface area contributed by atoms with Gasteiger partial charge in [0.2, 0.25) is 0 Å². The summed E-state index contributed by atoms with van der Waals surface area (Å²) in [7, 11) is 0. The summed E-state index contributed by atoms with van der Waals surface area (Å²) in [4.78, 5) is 45.7. The predicted octanol–water partition coefficient (Wildman–Crippen LogP) is 3.53. The first-order valence-corrected chi connectivity index (χ1v) is 10.8. The van der Waals surface area contributed by atoms with Crippen molar-refractivity contribution in [2.24, 2.45) is 0 Å². The molecule has 0 saturated heterocycles. The Kier molecular flexibility index (Phi) is 5.62. The fraction of sp³-hybridized carbons (Fsp3) is 0.227. The fourth-order valence-electron chi connectivity index (χ4n) is 3.61. The van der Waals surface area contributed by atoms with Crippen molar-refractivity contribution in [1.29, 1.82) is 0 Å². The molecular formula is C22H21N3O6S. The van der Waals surface area contributed by atoms with E-state index in [1.54, 1.807) is 38.1 Å². The summed E-state index contributed by atoms with van der Waals surface area (Å²) in [6.45, 7) is 5.94. The molecule has 32 heavy (non-hydrogen) atoms. The summed E-state index contributed by atoms with van der Waals surface area (Å²) >= 11 is 1.16. The van der Waals surface area contributed by atoms with E-state index in [2.05, 4.69) is 15.0 Å². The van der Waals surface area contributed by atoms with Crippen LogP contribution in [0.1, 0.15) is 29.1 Å². The van der Waals surface area contributed by atoms with Crippen molar-refractivity contribution in [2.75, 3.05) is 13.2 Å². The number of H-pyrrole nitrogens is 3. The molecule has 0 bridgehead atoms. The second kappa shape index (κ2) is 8.39. The number of benzene rings is 1. The van der Waals surface area contributed by atoms with Crippen LogP contribution in [-0.4, -0.2) is 39.2 Å². The molecule has 3 heterocycles. The molecule has 166 valence electrons. The van der Waals surface area contributed by atoms with Gasteiger partial charge in [-0.3, -0.25) is 14.8 Å². The number of hydrogen-bond acceptors (Lipinski definition) is 7. The van der Waals surface area contributed by atoms with Crippen LogP contribution in [0.25, 0.3) is 32.7 Å². The van der Waals surface area contributed by atoms with Crippen molar-refractivity contribution < 1.29 is 19.4 Å². The minimum atomic E-state index is -0.660. The topological polar surface area (TPSA) is 137 Å². The maximum atomic E-state index is 12.7. The summed E-state index contributed by atoms with van der Waals surface area (Å²) < 4.78 is 10.6. The molecule has 0 aliphatic heterocycles. The number of fused-ring (bicyclic) bond motifs is 1. The summed E-state index contributed by atoms with van der Waals surface area (Å²) in [6.07, 6.45) is 0. The van der Waals surface area contributed by atoms with E-state index < -0.39 is 17.2 Å². The van der Waals surface area contributed by atoms with Crippen LogP contribution in [0.2, 0.25) is 0 Å². The lowest BCUT2D eigenvalue weighted by Gasteiger charge is -2.07. The van der Waals surface area contributed by atoms with E-state index in [1.807, 2.05) is 6.92 Å². The molecule has 0 fully saturated rings. The number of thiophene rings is 1. The summed E-state index contributed by atoms with van der Waals surface area (Å²) in [5.74, 6) is -0.237. The van der Waals surface area contributed by atoms with Crippen molar-refractivity contribution in [3.05, 3.63) is 55.5 Å². The van der Waals surface area contributed by atoms with Crippen LogP contribution in [0.15, 0.2) is 33.9 Å². The minimum Gasteiger partial charge on any atom is -0.505 e. The van der Waals surface area contributed by atoms with Gasteiger partial charge in [-0.1, -0.05) is 0 Å². The van der Waals surface area contributed by atoms with Gasteiger partial charge in [-0.25, -0.2) is 9.59 Å². The van der Waals surface area contributed by atoms with E-state index in [-0.39, 0.29) is 29.0 Å². The molecule has 0 unspecified atom stereocenters. The molecule has 4 aromatic rings. The first-order valence-electron chi connectivity index (χ1n) is 9.97. The molecule has 4 N–H and O–H groups in total. The average Bonchev–Trinajstić information content (AvgIpc) is 3.26. The number of esters is 1. The Labute approximate surface area is 185 Å². The van der Waals surface area contributed by atoms with Crippen LogP contribution < -0.4 is 16.0 Å². The van der Waals surface area contributed by atoms with Gasteiger partial charge in [0.1, 0.15) is 22.7 Å². The Morgan fingerprint density at radius 1 is 1.06 bits per heavy atom. The molecule has 0 spiro atoms. The zero-order valence-electron chi connectivity index (χ0n) is 17.6. The van der Waals surface area contributed by atoms with E-state index in [1.165, 1.54) is 0 Å². The molecule has 0 aliphatic carbocycles. The van der Waals surface area contributed by atoms with Crippen molar-refractivity contribution in [1.82, 2.24) is 15.0 Å². The lowest BCUT2D eigenvalue weighted by Crippen LogP contribution is -2.21. The van der Waals surface area contributed by atoms with Crippen LogP contribution in [0, 0.1) is 6.92 Å². The number of nitrogens with one attached hydrogen (secondary N) is 3. The quantitative estimate of drug-likeness (QED) is 0.328. The number of aryl methyl sites for hydroxylation is 1. The number of aromatic nitrogens is 3. The molecule has 9 nitrogen and oxygen atoms in total. The standard InChI is InChI=1S/C22H21N3O6S/c1-4-30-12-8-6-11(7-9-12)16-14(15-19(23-16)24-22(29)25-20(15)27)18-17(26)13(10(3)32-18)21(28)31-5-2/h6-9,26H,4-5H2,1-3H3,(H3,23,24,25,27,29). The van der Waals surface area contributed by atoms with Crippen LogP contribution in [-0.2, 0) is 4.74 Å².